The number of carbonyl (C=O) groups is 2. The third-order valence-corrected chi connectivity index (χ3v) is 3.19. The van der Waals surface area contributed by atoms with Crippen LogP contribution in [-0.4, -0.2) is 31.4 Å². The summed E-state index contributed by atoms with van der Waals surface area (Å²) in [5, 5.41) is 2.81. The van der Waals surface area contributed by atoms with Crippen LogP contribution in [0.4, 0.5) is 5.69 Å². The van der Waals surface area contributed by atoms with Crippen molar-refractivity contribution in [1.29, 1.82) is 0 Å². The Hall–Kier alpha value is -1.88. The summed E-state index contributed by atoms with van der Waals surface area (Å²) in [7, 11) is 0. The van der Waals surface area contributed by atoms with Crippen molar-refractivity contribution >= 4 is 17.5 Å². The van der Waals surface area contributed by atoms with Gasteiger partial charge in [-0.25, -0.2) is 0 Å². The van der Waals surface area contributed by atoms with Gasteiger partial charge in [0.25, 0.3) is 0 Å². The maximum absolute atomic E-state index is 11.9. The lowest BCUT2D eigenvalue weighted by molar-refractivity contribution is -0.121. The van der Waals surface area contributed by atoms with Crippen LogP contribution >= 0.6 is 0 Å². The van der Waals surface area contributed by atoms with Crippen LogP contribution < -0.4 is 16.0 Å². The maximum Gasteiger partial charge on any atom is 0.231 e. The molecule has 1 aliphatic heterocycles. The molecule has 0 fully saturated rings. The molecule has 102 valence electrons. The molecule has 3 N–H and O–H groups in total. The molecule has 1 aromatic carbocycles. The van der Waals surface area contributed by atoms with Crippen LogP contribution in [0.25, 0.3) is 0 Å². The zero-order chi connectivity index (χ0) is 13.7. The van der Waals surface area contributed by atoms with Gasteiger partial charge in [-0.05, 0) is 24.6 Å². The predicted molar refractivity (Wildman–Crippen MR) is 73.8 cm³/mol. The largest absolute Gasteiger partial charge is 0.354 e. The minimum Gasteiger partial charge on any atom is -0.354 e. The van der Waals surface area contributed by atoms with Crippen molar-refractivity contribution < 1.29 is 9.59 Å². The van der Waals surface area contributed by atoms with E-state index in [0.717, 1.165) is 11.3 Å². The standard InChI is InChI=1S/C14H19N3O2/c15-7-3-6-13(18)16-8-9-17-12-5-2-1-4-11(12)10-14(17)19/h1-2,4-5H,3,6-10,15H2,(H,16,18). The number of hydrogen-bond donors (Lipinski definition) is 2. The second kappa shape index (κ2) is 6.33. The van der Waals surface area contributed by atoms with Gasteiger partial charge in [0.15, 0.2) is 0 Å². The number of rotatable bonds is 6. The maximum atomic E-state index is 11.9. The number of fused-ring (bicyclic) bond motifs is 1. The molecule has 1 aromatic rings. The quantitative estimate of drug-likeness (QED) is 0.779. The van der Waals surface area contributed by atoms with Gasteiger partial charge in [0.2, 0.25) is 11.8 Å². The summed E-state index contributed by atoms with van der Waals surface area (Å²) in [6.45, 7) is 1.51. The number of nitrogens with one attached hydrogen (secondary N) is 1. The second-order valence-electron chi connectivity index (χ2n) is 4.59. The van der Waals surface area contributed by atoms with E-state index in [2.05, 4.69) is 5.32 Å². The van der Waals surface area contributed by atoms with Gasteiger partial charge in [0, 0.05) is 25.2 Å². The number of nitrogens with two attached hydrogens (primary N) is 1. The van der Waals surface area contributed by atoms with E-state index in [4.69, 9.17) is 5.73 Å². The van der Waals surface area contributed by atoms with E-state index in [-0.39, 0.29) is 11.8 Å². The number of benzene rings is 1. The van der Waals surface area contributed by atoms with Crippen LogP contribution in [-0.2, 0) is 16.0 Å². The molecule has 1 heterocycles. The molecule has 5 heteroatoms. The van der Waals surface area contributed by atoms with Crippen molar-refractivity contribution in [3.05, 3.63) is 29.8 Å². The van der Waals surface area contributed by atoms with Crippen LogP contribution in [0.5, 0.6) is 0 Å². The molecule has 1 aliphatic rings. The number of amides is 2. The number of para-hydroxylation sites is 1. The highest BCUT2D eigenvalue weighted by molar-refractivity contribution is 6.01. The summed E-state index contributed by atoms with van der Waals surface area (Å²) in [5.74, 6) is 0.0859. The van der Waals surface area contributed by atoms with E-state index in [1.165, 1.54) is 0 Å². The zero-order valence-electron chi connectivity index (χ0n) is 10.9. The van der Waals surface area contributed by atoms with Crippen molar-refractivity contribution in [2.24, 2.45) is 5.73 Å². The first-order valence-electron chi connectivity index (χ1n) is 6.57. The predicted octanol–water partition coefficient (Wildman–Crippen LogP) is 0.431. The average molecular weight is 261 g/mol. The molecule has 5 nitrogen and oxygen atoms in total. The van der Waals surface area contributed by atoms with Crippen LogP contribution in [0, 0.1) is 0 Å². The van der Waals surface area contributed by atoms with Gasteiger partial charge < -0.3 is 16.0 Å². The lowest BCUT2D eigenvalue weighted by atomic mass is 10.2. The second-order valence-corrected chi connectivity index (χ2v) is 4.59. The Morgan fingerprint density at radius 2 is 2.16 bits per heavy atom. The smallest absolute Gasteiger partial charge is 0.231 e. The van der Waals surface area contributed by atoms with E-state index >= 15 is 0 Å². The average Bonchev–Trinajstić information content (AvgIpc) is 2.73. The SMILES string of the molecule is NCCCC(=O)NCCN1C(=O)Cc2ccccc21. The summed E-state index contributed by atoms with van der Waals surface area (Å²) in [4.78, 5) is 25.0. The Bertz CT molecular complexity index is 474. The molecule has 19 heavy (non-hydrogen) atoms. The van der Waals surface area contributed by atoms with Crippen LogP contribution in [0.2, 0.25) is 0 Å². The topological polar surface area (TPSA) is 75.4 Å². The molecular formula is C14H19N3O2. The first-order valence-corrected chi connectivity index (χ1v) is 6.57. The van der Waals surface area contributed by atoms with Crippen LogP contribution in [0.15, 0.2) is 24.3 Å². The van der Waals surface area contributed by atoms with Crippen LogP contribution in [0.1, 0.15) is 18.4 Å². The van der Waals surface area contributed by atoms with E-state index in [0.29, 0.717) is 38.9 Å². The highest BCUT2D eigenvalue weighted by atomic mass is 16.2. The van der Waals surface area contributed by atoms with Crippen molar-refractivity contribution in [3.8, 4) is 0 Å². The summed E-state index contributed by atoms with van der Waals surface area (Å²) >= 11 is 0. The van der Waals surface area contributed by atoms with Crippen molar-refractivity contribution in [2.75, 3.05) is 24.5 Å². The highest BCUT2D eigenvalue weighted by Crippen LogP contribution is 2.27. The fraction of sp³-hybridized carbons (Fsp3) is 0.429. The first kappa shape index (κ1) is 13.5. The molecule has 0 saturated heterocycles. The minimum atomic E-state index is -0.00891. The van der Waals surface area contributed by atoms with Gasteiger partial charge in [0.1, 0.15) is 0 Å². The number of hydrogen-bond acceptors (Lipinski definition) is 3. The van der Waals surface area contributed by atoms with Gasteiger partial charge in [0.05, 0.1) is 6.42 Å². The number of carbonyl (C=O) groups excluding carboxylic acids is 2. The fourth-order valence-electron chi connectivity index (χ4n) is 2.22. The summed E-state index contributed by atoms with van der Waals surface area (Å²) in [5.41, 5.74) is 7.36. The van der Waals surface area contributed by atoms with Gasteiger partial charge in [-0.2, -0.15) is 0 Å². The third kappa shape index (κ3) is 3.32. The monoisotopic (exact) mass is 261 g/mol. The number of nitrogens with zero attached hydrogens (tertiary/aromatic N) is 1. The molecule has 0 saturated carbocycles. The van der Waals surface area contributed by atoms with Gasteiger partial charge in [-0.15, -0.1) is 0 Å². The number of anilines is 1. The van der Waals surface area contributed by atoms with Gasteiger partial charge in [-0.3, -0.25) is 9.59 Å². The van der Waals surface area contributed by atoms with E-state index in [9.17, 15) is 9.59 Å². The Morgan fingerprint density at radius 3 is 2.95 bits per heavy atom. The molecule has 0 atom stereocenters. The molecular weight excluding hydrogens is 242 g/mol. The highest BCUT2D eigenvalue weighted by Gasteiger charge is 2.25. The first-order chi connectivity index (χ1) is 9.22. The normalized spacial score (nSPS) is 13.5. The Kier molecular flexibility index (Phi) is 4.52. The molecule has 0 unspecified atom stereocenters. The zero-order valence-corrected chi connectivity index (χ0v) is 10.9. The lowest BCUT2D eigenvalue weighted by Crippen LogP contribution is -2.36. The Labute approximate surface area is 112 Å². The van der Waals surface area contributed by atoms with E-state index in [1.54, 1.807) is 4.90 Å². The fourth-order valence-corrected chi connectivity index (χ4v) is 2.22. The van der Waals surface area contributed by atoms with E-state index < -0.39 is 0 Å². The molecule has 2 rings (SSSR count). The van der Waals surface area contributed by atoms with Crippen molar-refractivity contribution in [2.45, 2.75) is 19.3 Å². The lowest BCUT2D eigenvalue weighted by Gasteiger charge is -2.17. The van der Waals surface area contributed by atoms with Crippen LogP contribution in [0.3, 0.4) is 0 Å². The van der Waals surface area contributed by atoms with E-state index in [1.807, 2.05) is 24.3 Å². The van der Waals surface area contributed by atoms with Crippen molar-refractivity contribution in [1.82, 2.24) is 5.32 Å². The molecule has 0 bridgehead atoms. The molecule has 0 spiro atoms. The van der Waals surface area contributed by atoms with Gasteiger partial charge >= 0.3 is 0 Å². The third-order valence-electron chi connectivity index (χ3n) is 3.19. The molecule has 0 radical (unpaired) electrons. The molecule has 0 aliphatic carbocycles. The molecule has 2 amide bonds. The Balaban J connectivity index is 1.83. The molecule has 0 aromatic heterocycles. The summed E-state index contributed by atoms with van der Waals surface area (Å²) < 4.78 is 0. The minimum absolute atomic E-state index is 0.00891. The van der Waals surface area contributed by atoms with Crippen molar-refractivity contribution in [3.63, 3.8) is 0 Å². The Morgan fingerprint density at radius 1 is 1.37 bits per heavy atom. The summed E-state index contributed by atoms with van der Waals surface area (Å²) in [6, 6.07) is 7.76. The van der Waals surface area contributed by atoms with Gasteiger partial charge in [-0.1, -0.05) is 18.2 Å². The summed E-state index contributed by atoms with van der Waals surface area (Å²) in [6.07, 6.45) is 1.59.